The highest BCUT2D eigenvalue weighted by Crippen LogP contribution is 2.21. The molecular weight excluding hydrogens is 225 g/mol. The van der Waals surface area contributed by atoms with Gasteiger partial charge in [-0.2, -0.15) is 8.78 Å². The van der Waals surface area contributed by atoms with Gasteiger partial charge in [0.2, 0.25) is 0 Å². The van der Waals surface area contributed by atoms with Gasteiger partial charge in [-0.25, -0.2) is 4.39 Å². The molecule has 0 atom stereocenters. The zero-order valence-corrected chi connectivity index (χ0v) is 8.12. The van der Waals surface area contributed by atoms with E-state index in [1.807, 2.05) is 0 Å². The van der Waals surface area contributed by atoms with Crippen molar-refractivity contribution in [1.82, 2.24) is 0 Å². The van der Waals surface area contributed by atoms with Gasteiger partial charge in [0.15, 0.2) is 11.6 Å². The number of hydrogen-bond acceptors (Lipinski definition) is 2. The first-order valence-electron chi connectivity index (χ1n) is 4.44. The van der Waals surface area contributed by atoms with Crippen LogP contribution in [0.1, 0.15) is 12.0 Å². The van der Waals surface area contributed by atoms with Gasteiger partial charge in [0.1, 0.15) is 0 Å². The smallest absolute Gasteiger partial charge is 0.387 e. The molecule has 0 spiro atoms. The maximum absolute atomic E-state index is 13.0. The van der Waals surface area contributed by atoms with Gasteiger partial charge in [0, 0.05) is 6.42 Å². The number of carbonyl (C=O) groups is 1. The summed E-state index contributed by atoms with van der Waals surface area (Å²) in [6, 6.07) is 3.37. The van der Waals surface area contributed by atoms with Crippen molar-refractivity contribution in [1.29, 1.82) is 0 Å². The van der Waals surface area contributed by atoms with E-state index >= 15 is 0 Å². The molecule has 0 aliphatic rings. The number of aryl methyl sites for hydroxylation is 1. The van der Waals surface area contributed by atoms with Gasteiger partial charge in [-0.1, -0.05) is 6.07 Å². The molecule has 0 aliphatic heterocycles. The van der Waals surface area contributed by atoms with Crippen LogP contribution in [0.4, 0.5) is 13.2 Å². The zero-order valence-electron chi connectivity index (χ0n) is 8.12. The van der Waals surface area contributed by atoms with E-state index in [0.29, 0.717) is 5.56 Å². The summed E-state index contributed by atoms with van der Waals surface area (Å²) in [4.78, 5) is 10.3. The summed E-state index contributed by atoms with van der Waals surface area (Å²) in [6.45, 7) is -3.11. The van der Waals surface area contributed by atoms with Crippen LogP contribution in [-0.2, 0) is 11.2 Å². The topological polar surface area (TPSA) is 46.5 Å². The second kappa shape index (κ2) is 5.39. The van der Waals surface area contributed by atoms with Crippen molar-refractivity contribution in [3.8, 4) is 5.75 Å². The van der Waals surface area contributed by atoms with E-state index in [9.17, 15) is 18.0 Å². The Morgan fingerprint density at radius 3 is 2.69 bits per heavy atom. The zero-order chi connectivity index (χ0) is 12.1. The first-order valence-corrected chi connectivity index (χ1v) is 4.44. The van der Waals surface area contributed by atoms with Gasteiger partial charge in [-0.15, -0.1) is 0 Å². The quantitative estimate of drug-likeness (QED) is 0.851. The number of carboxylic acids is 1. The van der Waals surface area contributed by atoms with Gasteiger partial charge in [0.25, 0.3) is 0 Å². The van der Waals surface area contributed by atoms with Crippen molar-refractivity contribution < 1.29 is 27.8 Å². The molecule has 1 aromatic rings. The molecule has 88 valence electrons. The summed E-state index contributed by atoms with van der Waals surface area (Å²) in [5, 5.41) is 8.42. The Labute approximate surface area is 89.5 Å². The fourth-order valence-electron chi connectivity index (χ4n) is 1.14. The Balaban J connectivity index is 2.76. The molecule has 1 N–H and O–H groups in total. The second-order valence-electron chi connectivity index (χ2n) is 3.04. The van der Waals surface area contributed by atoms with E-state index in [1.54, 1.807) is 0 Å². The second-order valence-corrected chi connectivity index (χ2v) is 3.04. The molecule has 1 aromatic carbocycles. The lowest BCUT2D eigenvalue weighted by molar-refractivity contribution is -0.136. The lowest BCUT2D eigenvalue weighted by Crippen LogP contribution is -2.04. The van der Waals surface area contributed by atoms with E-state index in [0.717, 1.165) is 12.1 Å². The molecular formula is C10H9F3O3. The number of alkyl halides is 2. The molecule has 1 rings (SSSR count). The molecule has 0 heterocycles. The number of ether oxygens (including phenoxy) is 1. The third-order valence-corrected chi connectivity index (χ3v) is 1.84. The van der Waals surface area contributed by atoms with E-state index in [2.05, 4.69) is 4.74 Å². The summed E-state index contributed by atoms with van der Waals surface area (Å²) in [5.41, 5.74) is 0.430. The normalized spacial score (nSPS) is 10.5. The monoisotopic (exact) mass is 234 g/mol. The van der Waals surface area contributed by atoms with Crippen LogP contribution in [0.2, 0.25) is 0 Å². The molecule has 0 aromatic heterocycles. The summed E-state index contributed by atoms with van der Waals surface area (Å²) in [7, 11) is 0. The van der Waals surface area contributed by atoms with Gasteiger partial charge < -0.3 is 9.84 Å². The van der Waals surface area contributed by atoms with E-state index < -0.39 is 24.1 Å². The van der Waals surface area contributed by atoms with Crippen molar-refractivity contribution in [2.45, 2.75) is 19.5 Å². The Hall–Kier alpha value is -1.72. The number of rotatable bonds is 5. The van der Waals surface area contributed by atoms with Crippen LogP contribution >= 0.6 is 0 Å². The van der Waals surface area contributed by atoms with Crippen LogP contribution in [0, 0.1) is 5.82 Å². The van der Waals surface area contributed by atoms with Gasteiger partial charge in [-0.3, -0.25) is 4.79 Å². The Kier molecular flexibility index (Phi) is 4.16. The number of halogens is 3. The van der Waals surface area contributed by atoms with Crippen LogP contribution in [0.25, 0.3) is 0 Å². The van der Waals surface area contributed by atoms with E-state index in [-0.39, 0.29) is 12.8 Å². The minimum absolute atomic E-state index is 0.134. The summed E-state index contributed by atoms with van der Waals surface area (Å²) in [6.07, 6.45) is -0.0189. The predicted molar refractivity (Wildman–Crippen MR) is 49.0 cm³/mol. The minimum Gasteiger partial charge on any atom is -0.481 e. The third kappa shape index (κ3) is 3.80. The van der Waals surface area contributed by atoms with Crippen molar-refractivity contribution in [3.63, 3.8) is 0 Å². The molecule has 0 aliphatic carbocycles. The summed E-state index contributed by atoms with van der Waals surface area (Å²) in [5.74, 6) is -2.49. The molecule has 0 saturated heterocycles. The number of carboxylic acid groups (broad SMARTS) is 1. The van der Waals surface area contributed by atoms with Crippen LogP contribution in [0.5, 0.6) is 5.75 Å². The minimum atomic E-state index is -3.11. The van der Waals surface area contributed by atoms with Crippen molar-refractivity contribution >= 4 is 5.97 Å². The first kappa shape index (κ1) is 12.4. The van der Waals surface area contributed by atoms with E-state index in [4.69, 9.17) is 5.11 Å². The van der Waals surface area contributed by atoms with E-state index in [1.165, 1.54) is 6.07 Å². The molecule has 0 amide bonds. The van der Waals surface area contributed by atoms with Crippen molar-refractivity contribution in [3.05, 3.63) is 29.6 Å². The van der Waals surface area contributed by atoms with Gasteiger partial charge >= 0.3 is 12.6 Å². The first-order chi connectivity index (χ1) is 7.49. The fraction of sp³-hybridized carbons (Fsp3) is 0.300. The Morgan fingerprint density at radius 1 is 1.44 bits per heavy atom. The highest BCUT2D eigenvalue weighted by atomic mass is 19.3. The van der Waals surface area contributed by atoms with Crippen molar-refractivity contribution in [2.75, 3.05) is 0 Å². The van der Waals surface area contributed by atoms with Gasteiger partial charge in [-0.05, 0) is 24.1 Å². The highest BCUT2D eigenvalue weighted by Gasteiger charge is 2.10. The Morgan fingerprint density at radius 2 is 2.12 bits per heavy atom. The molecule has 0 radical (unpaired) electrons. The van der Waals surface area contributed by atoms with Crippen molar-refractivity contribution in [2.24, 2.45) is 0 Å². The average molecular weight is 234 g/mol. The largest absolute Gasteiger partial charge is 0.481 e. The molecule has 16 heavy (non-hydrogen) atoms. The SMILES string of the molecule is O=C(O)CCc1ccc(F)c(OC(F)F)c1. The highest BCUT2D eigenvalue weighted by molar-refractivity contribution is 5.67. The maximum atomic E-state index is 13.0. The van der Waals surface area contributed by atoms with Crippen LogP contribution in [0.3, 0.4) is 0 Å². The predicted octanol–water partition coefficient (Wildman–Crippen LogP) is 2.44. The number of hydrogen-bond donors (Lipinski definition) is 1. The average Bonchev–Trinajstić information content (AvgIpc) is 2.18. The summed E-state index contributed by atoms with van der Waals surface area (Å²) < 4.78 is 40.6. The lowest BCUT2D eigenvalue weighted by atomic mass is 10.1. The number of aliphatic carboxylic acids is 1. The molecule has 0 bridgehead atoms. The third-order valence-electron chi connectivity index (χ3n) is 1.84. The van der Waals surface area contributed by atoms with Crippen LogP contribution in [0.15, 0.2) is 18.2 Å². The maximum Gasteiger partial charge on any atom is 0.387 e. The standard InChI is InChI=1S/C10H9F3O3/c11-7-3-1-6(2-4-9(14)15)5-8(7)16-10(12)13/h1,3,5,10H,2,4H2,(H,14,15). The lowest BCUT2D eigenvalue weighted by Gasteiger charge is -2.07. The molecule has 0 fully saturated rings. The molecule has 0 unspecified atom stereocenters. The number of benzene rings is 1. The molecule has 6 heteroatoms. The molecule has 3 nitrogen and oxygen atoms in total. The summed E-state index contributed by atoms with van der Waals surface area (Å²) >= 11 is 0. The Bertz CT molecular complexity index is 380. The van der Waals surface area contributed by atoms with Crippen LogP contribution < -0.4 is 4.74 Å². The van der Waals surface area contributed by atoms with Gasteiger partial charge in [0.05, 0.1) is 0 Å². The fourth-order valence-corrected chi connectivity index (χ4v) is 1.14. The molecule has 0 saturated carbocycles. The van der Waals surface area contributed by atoms with Crippen LogP contribution in [-0.4, -0.2) is 17.7 Å².